The first-order valence-electron chi connectivity index (χ1n) is 8.02. The van der Waals surface area contributed by atoms with Gasteiger partial charge in [-0.05, 0) is 32.9 Å². The summed E-state index contributed by atoms with van der Waals surface area (Å²) in [5.74, 6) is 3.02. The van der Waals surface area contributed by atoms with Crippen molar-refractivity contribution in [2.45, 2.75) is 50.1 Å². The van der Waals surface area contributed by atoms with Gasteiger partial charge in [0.1, 0.15) is 14.7 Å². The van der Waals surface area contributed by atoms with Crippen LogP contribution in [0.5, 0.6) is 0 Å². The van der Waals surface area contributed by atoms with Crippen LogP contribution in [0.2, 0.25) is 19.6 Å². The van der Waals surface area contributed by atoms with Crippen LogP contribution < -0.4 is 0 Å². The van der Waals surface area contributed by atoms with Crippen LogP contribution in [0.15, 0.2) is 41.3 Å². The van der Waals surface area contributed by atoms with Crippen molar-refractivity contribution in [3.05, 3.63) is 42.0 Å². The van der Waals surface area contributed by atoms with E-state index in [1.165, 1.54) is 0 Å². The number of sulfone groups is 1. The van der Waals surface area contributed by atoms with Gasteiger partial charge in [-0.15, -0.1) is 5.54 Å². The molecule has 0 saturated carbocycles. The van der Waals surface area contributed by atoms with Crippen LogP contribution in [-0.4, -0.2) is 34.5 Å². The molecular weight excluding hydrogens is 336 g/mol. The molecule has 0 heterocycles. The fourth-order valence-corrected chi connectivity index (χ4v) is 3.90. The highest BCUT2D eigenvalue weighted by atomic mass is 32.2. The quantitative estimate of drug-likeness (QED) is 0.332. The third kappa shape index (κ3) is 6.27. The average molecular weight is 365 g/mol. The van der Waals surface area contributed by atoms with Crippen molar-refractivity contribution < 1.29 is 13.2 Å². The Labute approximate surface area is 148 Å². The molecule has 0 aliphatic rings. The van der Waals surface area contributed by atoms with Crippen molar-refractivity contribution in [2.24, 2.45) is 0 Å². The molecule has 0 aliphatic heterocycles. The third-order valence-electron chi connectivity index (χ3n) is 3.39. The Bertz CT molecular complexity index is 728. The topological polar surface area (TPSA) is 43.4 Å². The zero-order valence-electron chi connectivity index (χ0n) is 15.5. The van der Waals surface area contributed by atoms with Crippen molar-refractivity contribution >= 4 is 17.9 Å². The van der Waals surface area contributed by atoms with E-state index in [-0.39, 0.29) is 0 Å². The minimum absolute atomic E-state index is 0.338. The van der Waals surface area contributed by atoms with Gasteiger partial charge in [0.05, 0.1) is 16.2 Å². The van der Waals surface area contributed by atoms with Crippen LogP contribution in [0, 0.1) is 18.4 Å². The van der Waals surface area contributed by atoms with Crippen molar-refractivity contribution in [1.29, 1.82) is 0 Å². The highest BCUT2D eigenvalue weighted by Gasteiger charge is 2.33. The molecule has 0 unspecified atom stereocenters. The summed E-state index contributed by atoms with van der Waals surface area (Å²) in [4.78, 5) is 0.338. The van der Waals surface area contributed by atoms with Gasteiger partial charge < -0.3 is 4.74 Å². The molecule has 0 fully saturated rings. The molecule has 0 radical (unpaired) electrons. The summed E-state index contributed by atoms with van der Waals surface area (Å²) in [7, 11) is -4.80. The van der Waals surface area contributed by atoms with Gasteiger partial charge in [0.25, 0.3) is 0 Å². The number of benzene rings is 1. The predicted molar refractivity (Wildman–Crippen MR) is 104 cm³/mol. The van der Waals surface area contributed by atoms with Gasteiger partial charge in [-0.3, -0.25) is 0 Å². The summed E-state index contributed by atoms with van der Waals surface area (Å²) in [6.45, 7) is 12.6. The molecule has 0 atom stereocenters. The largest absolute Gasteiger partial charge is 0.365 e. The Morgan fingerprint density at radius 2 is 1.75 bits per heavy atom. The molecule has 0 spiro atoms. The Hall–Kier alpha value is -1.35. The molecule has 132 valence electrons. The van der Waals surface area contributed by atoms with E-state index in [0.717, 1.165) is 5.56 Å². The van der Waals surface area contributed by atoms with E-state index < -0.39 is 22.7 Å². The molecule has 0 amide bonds. The molecule has 0 aromatic heterocycles. The summed E-state index contributed by atoms with van der Waals surface area (Å²) in [5.41, 5.74) is 4.26. The van der Waals surface area contributed by atoms with Crippen molar-refractivity contribution in [3.63, 3.8) is 0 Å². The van der Waals surface area contributed by atoms with Gasteiger partial charge >= 0.3 is 0 Å². The van der Waals surface area contributed by atoms with E-state index in [1.54, 1.807) is 38.1 Å². The molecule has 1 rings (SSSR count). The highest BCUT2D eigenvalue weighted by Crippen LogP contribution is 2.26. The second-order valence-corrected chi connectivity index (χ2v) is 14.7. The van der Waals surface area contributed by atoms with Crippen LogP contribution in [0.4, 0.5) is 0 Å². The fourth-order valence-electron chi connectivity index (χ4n) is 1.92. The number of aryl methyl sites for hydroxylation is 1. The van der Waals surface area contributed by atoms with E-state index in [2.05, 4.69) is 31.1 Å². The van der Waals surface area contributed by atoms with Crippen molar-refractivity contribution in [2.75, 3.05) is 13.2 Å². The van der Waals surface area contributed by atoms with Crippen LogP contribution >= 0.6 is 0 Å². The molecule has 24 heavy (non-hydrogen) atoms. The molecule has 0 bridgehead atoms. The number of hydrogen-bond acceptors (Lipinski definition) is 3. The van der Waals surface area contributed by atoms with E-state index in [0.29, 0.717) is 18.1 Å². The number of hydrogen-bond donors (Lipinski definition) is 0. The molecule has 0 aliphatic carbocycles. The molecule has 3 nitrogen and oxygen atoms in total. The van der Waals surface area contributed by atoms with Crippen LogP contribution in [0.3, 0.4) is 0 Å². The maximum atomic E-state index is 12.7. The maximum Gasteiger partial charge on any atom is 0.187 e. The molecule has 0 N–H and O–H groups in total. The second kappa shape index (κ2) is 8.15. The zero-order chi connectivity index (χ0) is 18.4. The molecule has 1 aromatic carbocycles. The SMILES string of the molecule is Cc1ccc(S(=O)(=O)C(C)(C)/C=C/COCC#C[Si](C)(C)C)cc1. The predicted octanol–water partition coefficient (Wildman–Crippen LogP) is 4.00. The van der Waals surface area contributed by atoms with Crippen molar-refractivity contribution in [3.8, 4) is 11.5 Å². The lowest BCUT2D eigenvalue weighted by Gasteiger charge is -2.21. The number of rotatable bonds is 6. The summed E-state index contributed by atoms with van der Waals surface area (Å²) in [6, 6.07) is 6.94. The second-order valence-electron chi connectivity index (χ2n) is 7.39. The van der Waals surface area contributed by atoms with E-state index >= 15 is 0 Å². The van der Waals surface area contributed by atoms with Gasteiger partial charge in [0, 0.05) is 0 Å². The van der Waals surface area contributed by atoms with E-state index in [1.807, 2.05) is 19.1 Å². The third-order valence-corrected chi connectivity index (χ3v) is 6.74. The normalized spacial score (nSPS) is 12.9. The first-order chi connectivity index (χ1) is 11.0. The van der Waals surface area contributed by atoms with Crippen LogP contribution in [-0.2, 0) is 14.6 Å². The molecule has 5 heteroatoms. The summed E-state index contributed by atoms with van der Waals surface area (Å²) < 4.78 is 29.9. The lowest BCUT2D eigenvalue weighted by Crippen LogP contribution is -2.29. The van der Waals surface area contributed by atoms with Gasteiger partial charge in [0.15, 0.2) is 9.84 Å². The lowest BCUT2D eigenvalue weighted by molar-refractivity contribution is 0.199. The Morgan fingerprint density at radius 3 is 2.29 bits per heavy atom. The van der Waals surface area contributed by atoms with Gasteiger partial charge in [0.2, 0.25) is 0 Å². The average Bonchev–Trinajstić information content (AvgIpc) is 2.45. The molecule has 0 saturated heterocycles. The lowest BCUT2D eigenvalue weighted by atomic mass is 10.2. The van der Waals surface area contributed by atoms with Crippen LogP contribution in [0.1, 0.15) is 19.4 Å². The standard InChI is InChI=1S/C19H28O3SSi/c1-17-9-11-18(12-10-17)23(20,21)19(2,3)13-7-14-22-15-8-16-24(4,5)6/h7,9-13H,14-15H2,1-6H3/b13-7+. The van der Waals surface area contributed by atoms with Crippen molar-refractivity contribution in [1.82, 2.24) is 0 Å². The summed E-state index contributed by atoms with van der Waals surface area (Å²) in [5, 5.41) is 0. The molecule has 1 aromatic rings. The summed E-state index contributed by atoms with van der Waals surface area (Å²) in [6.07, 6.45) is 3.44. The minimum atomic E-state index is -3.44. The first-order valence-corrected chi connectivity index (χ1v) is 13.0. The maximum absolute atomic E-state index is 12.7. The van der Waals surface area contributed by atoms with Gasteiger partial charge in [-0.2, -0.15) is 0 Å². The van der Waals surface area contributed by atoms with Gasteiger partial charge in [-0.1, -0.05) is 55.4 Å². The first kappa shape index (κ1) is 20.7. The Morgan fingerprint density at radius 1 is 1.17 bits per heavy atom. The Balaban J connectivity index is 2.67. The van der Waals surface area contributed by atoms with E-state index in [9.17, 15) is 8.42 Å². The van der Waals surface area contributed by atoms with Crippen LogP contribution in [0.25, 0.3) is 0 Å². The smallest absolute Gasteiger partial charge is 0.187 e. The summed E-state index contributed by atoms with van der Waals surface area (Å²) >= 11 is 0. The minimum Gasteiger partial charge on any atom is -0.365 e. The fraction of sp³-hybridized carbons (Fsp3) is 0.474. The highest BCUT2D eigenvalue weighted by molar-refractivity contribution is 7.93. The van der Waals surface area contributed by atoms with E-state index in [4.69, 9.17) is 4.74 Å². The molecular formula is C19H28O3SSi. The van der Waals surface area contributed by atoms with Gasteiger partial charge in [-0.25, -0.2) is 8.42 Å². The monoisotopic (exact) mass is 364 g/mol. The number of ether oxygens (including phenoxy) is 1. The Kier molecular flexibility index (Phi) is 7.03. The zero-order valence-corrected chi connectivity index (χ0v) is 17.3.